The summed E-state index contributed by atoms with van der Waals surface area (Å²) in [5.41, 5.74) is 4.68. The van der Waals surface area contributed by atoms with Gasteiger partial charge in [-0.1, -0.05) is 26.0 Å². The van der Waals surface area contributed by atoms with Crippen LogP contribution in [-0.2, 0) is 0 Å². The van der Waals surface area contributed by atoms with Crippen molar-refractivity contribution in [2.45, 2.75) is 34.1 Å². The zero-order valence-corrected chi connectivity index (χ0v) is 10.3. The molecule has 0 N–H and O–H groups in total. The predicted octanol–water partition coefficient (Wildman–Crippen LogP) is 3.54. The van der Waals surface area contributed by atoms with Crippen molar-refractivity contribution in [3.8, 4) is 0 Å². The Balaban J connectivity index is 2.27. The Kier molecular flexibility index (Phi) is 2.49. The van der Waals surface area contributed by atoms with Crippen LogP contribution in [-0.4, -0.2) is 13.1 Å². The highest BCUT2D eigenvalue weighted by Crippen LogP contribution is 2.34. The van der Waals surface area contributed by atoms with Gasteiger partial charge in [0.15, 0.2) is 0 Å². The van der Waals surface area contributed by atoms with Crippen LogP contribution in [0.3, 0.4) is 0 Å². The van der Waals surface area contributed by atoms with Crippen molar-refractivity contribution < 1.29 is 0 Å². The lowest BCUT2D eigenvalue weighted by atomic mass is 9.93. The largest absolute Gasteiger partial charge is 0.371 e. The van der Waals surface area contributed by atoms with E-state index in [2.05, 4.69) is 50.8 Å². The van der Waals surface area contributed by atoms with Gasteiger partial charge in [-0.05, 0) is 42.9 Å². The third-order valence-corrected chi connectivity index (χ3v) is 3.38. The fourth-order valence-corrected chi connectivity index (χ4v) is 2.38. The zero-order chi connectivity index (χ0) is 11.1. The molecule has 0 aromatic heterocycles. The molecule has 1 aromatic rings. The summed E-state index contributed by atoms with van der Waals surface area (Å²) in [7, 11) is 0. The number of aryl methyl sites for hydroxylation is 2. The molecule has 0 aliphatic carbocycles. The maximum atomic E-state index is 2.53. The van der Waals surface area contributed by atoms with Gasteiger partial charge in [-0.15, -0.1) is 0 Å². The first-order valence-corrected chi connectivity index (χ1v) is 5.80. The molecule has 82 valence electrons. The number of anilines is 1. The fourth-order valence-electron chi connectivity index (χ4n) is 2.38. The summed E-state index contributed by atoms with van der Waals surface area (Å²) < 4.78 is 0. The Bertz CT molecular complexity index is 366. The van der Waals surface area contributed by atoms with E-state index in [4.69, 9.17) is 0 Å². The van der Waals surface area contributed by atoms with E-state index in [-0.39, 0.29) is 0 Å². The normalized spacial score (nSPS) is 19.6. The lowest BCUT2D eigenvalue weighted by Crippen LogP contribution is -2.23. The Hall–Kier alpha value is -0.980. The summed E-state index contributed by atoms with van der Waals surface area (Å²) in [4.78, 5) is 2.53. The third-order valence-electron chi connectivity index (χ3n) is 3.38. The van der Waals surface area contributed by atoms with Crippen molar-refractivity contribution in [1.29, 1.82) is 0 Å². The summed E-state index contributed by atoms with van der Waals surface area (Å²) in [5.74, 6) is 0. The van der Waals surface area contributed by atoms with Crippen molar-refractivity contribution in [2.24, 2.45) is 5.41 Å². The molecule has 1 heteroatoms. The summed E-state index contributed by atoms with van der Waals surface area (Å²) in [5, 5.41) is 0. The average molecular weight is 203 g/mol. The first kappa shape index (κ1) is 10.5. The molecule has 1 aliphatic rings. The van der Waals surface area contributed by atoms with Crippen LogP contribution in [0.2, 0.25) is 0 Å². The van der Waals surface area contributed by atoms with Gasteiger partial charge in [0.2, 0.25) is 0 Å². The van der Waals surface area contributed by atoms with E-state index in [1.54, 1.807) is 0 Å². The van der Waals surface area contributed by atoms with Gasteiger partial charge >= 0.3 is 0 Å². The van der Waals surface area contributed by atoms with E-state index in [0.717, 1.165) is 0 Å². The molecule has 1 fully saturated rings. The minimum absolute atomic E-state index is 0.482. The van der Waals surface area contributed by atoms with Gasteiger partial charge in [-0.25, -0.2) is 0 Å². The highest BCUT2D eigenvalue weighted by Gasteiger charge is 2.29. The van der Waals surface area contributed by atoms with Crippen molar-refractivity contribution in [1.82, 2.24) is 0 Å². The SMILES string of the molecule is Cc1ccc(C)c(N2CCC(C)(C)C2)c1. The minimum Gasteiger partial charge on any atom is -0.371 e. The van der Waals surface area contributed by atoms with Crippen LogP contribution in [0, 0.1) is 19.3 Å². The van der Waals surface area contributed by atoms with Gasteiger partial charge < -0.3 is 4.90 Å². The number of hydrogen-bond acceptors (Lipinski definition) is 1. The van der Waals surface area contributed by atoms with Crippen molar-refractivity contribution in [3.05, 3.63) is 29.3 Å². The second-order valence-corrected chi connectivity index (χ2v) is 5.63. The van der Waals surface area contributed by atoms with E-state index in [1.807, 2.05) is 0 Å². The molecule has 2 rings (SSSR count). The van der Waals surface area contributed by atoms with Crippen LogP contribution < -0.4 is 4.90 Å². The second-order valence-electron chi connectivity index (χ2n) is 5.63. The molecule has 1 nitrogen and oxygen atoms in total. The Morgan fingerprint density at radius 2 is 1.93 bits per heavy atom. The molecule has 0 spiro atoms. The molecule has 1 aromatic carbocycles. The molecular weight excluding hydrogens is 182 g/mol. The Morgan fingerprint density at radius 1 is 1.20 bits per heavy atom. The molecule has 1 saturated heterocycles. The Morgan fingerprint density at radius 3 is 2.53 bits per heavy atom. The molecule has 0 radical (unpaired) electrons. The molecular formula is C14H21N. The number of hydrogen-bond donors (Lipinski definition) is 0. The number of benzene rings is 1. The van der Waals surface area contributed by atoms with Crippen LogP contribution in [0.4, 0.5) is 5.69 Å². The van der Waals surface area contributed by atoms with Crippen molar-refractivity contribution in [2.75, 3.05) is 18.0 Å². The van der Waals surface area contributed by atoms with E-state index in [9.17, 15) is 0 Å². The van der Waals surface area contributed by atoms with Crippen LogP contribution in [0.25, 0.3) is 0 Å². The smallest absolute Gasteiger partial charge is 0.0398 e. The van der Waals surface area contributed by atoms with Gasteiger partial charge in [0.25, 0.3) is 0 Å². The quantitative estimate of drug-likeness (QED) is 0.675. The predicted molar refractivity (Wildman–Crippen MR) is 66.5 cm³/mol. The summed E-state index contributed by atoms with van der Waals surface area (Å²) >= 11 is 0. The molecule has 0 unspecified atom stereocenters. The van der Waals surface area contributed by atoms with Crippen LogP contribution in [0.15, 0.2) is 18.2 Å². The van der Waals surface area contributed by atoms with Gasteiger partial charge in [-0.3, -0.25) is 0 Å². The monoisotopic (exact) mass is 203 g/mol. The molecule has 1 heterocycles. The lowest BCUT2D eigenvalue weighted by Gasteiger charge is -2.23. The average Bonchev–Trinajstić information content (AvgIpc) is 2.50. The standard InChI is InChI=1S/C14H21N/c1-11-5-6-12(2)13(9-11)15-8-7-14(3,4)10-15/h5-6,9H,7-8,10H2,1-4H3. The number of rotatable bonds is 1. The molecule has 0 bridgehead atoms. The molecule has 1 aliphatic heterocycles. The van der Waals surface area contributed by atoms with E-state index >= 15 is 0 Å². The van der Waals surface area contributed by atoms with Gasteiger partial charge in [0, 0.05) is 18.8 Å². The number of nitrogens with zero attached hydrogens (tertiary/aromatic N) is 1. The van der Waals surface area contributed by atoms with Crippen LogP contribution in [0.1, 0.15) is 31.4 Å². The maximum absolute atomic E-state index is 2.53. The summed E-state index contributed by atoms with van der Waals surface area (Å²) in [6.07, 6.45) is 1.31. The van der Waals surface area contributed by atoms with E-state index in [0.29, 0.717) is 5.41 Å². The summed E-state index contributed by atoms with van der Waals surface area (Å²) in [6, 6.07) is 6.74. The molecule has 15 heavy (non-hydrogen) atoms. The molecule has 0 amide bonds. The van der Waals surface area contributed by atoms with Crippen molar-refractivity contribution >= 4 is 5.69 Å². The molecule has 0 atom stereocenters. The summed E-state index contributed by atoms with van der Waals surface area (Å²) in [6.45, 7) is 11.5. The third kappa shape index (κ3) is 2.17. The van der Waals surface area contributed by atoms with Crippen LogP contribution in [0.5, 0.6) is 0 Å². The second kappa shape index (κ2) is 3.55. The molecule has 0 saturated carbocycles. The highest BCUT2D eigenvalue weighted by molar-refractivity contribution is 5.55. The van der Waals surface area contributed by atoms with Gasteiger partial charge in [-0.2, -0.15) is 0 Å². The minimum atomic E-state index is 0.482. The first-order valence-electron chi connectivity index (χ1n) is 5.80. The van der Waals surface area contributed by atoms with Crippen molar-refractivity contribution in [3.63, 3.8) is 0 Å². The fraction of sp³-hybridized carbons (Fsp3) is 0.571. The van der Waals surface area contributed by atoms with Gasteiger partial charge in [0.05, 0.1) is 0 Å². The van der Waals surface area contributed by atoms with Gasteiger partial charge in [0.1, 0.15) is 0 Å². The topological polar surface area (TPSA) is 3.24 Å². The zero-order valence-electron chi connectivity index (χ0n) is 10.3. The maximum Gasteiger partial charge on any atom is 0.0398 e. The lowest BCUT2D eigenvalue weighted by molar-refractivity contribution is 0.418. The van der Waals surface area contributed by atoms with E-state index in [1.165, 1.54) is 36.3 Å². The first-order chi connectivity index (χ1) is 6.98. The highest BCUT2D eigenvalue weighted by atomic mass is 15.2. The van der Waals surface area contributed by atoms with Crippen LogP contribution >= 0.6 is 0 Å². The Labute approximate surface area is 93.1 Å². The van der Waals surface area contributed by atoms with E-state index < -0.39 is 0 Å².